The summed E-state index contributed by atoms with van der Waals surface area (Å²) in [7, 11) is 0. The molecule has 5 rings (SSSR count). The second-order valence-electron chi connectivity index (χ2n) is 8.02. The highest BCUT2D eigenvalue weighted by Gasteiger charge is 2.47. The van der Waals surface area contributed by atoms with Gasteiger partial charge in [0.25, 0.3) is 0 Å². The minimum atomic E-state index is -1.17. The first kappa shape index (κ1) is 20.0. The number of fused-ring (bicyclic) bond motifs is 1. The van der Waals surface area contributed by atoms with Crippen molar-refractivity contribution in [2.24, 2.45) is 5.73 Å². The molecule has 7 nitrogen and oxygen atoms in total. The van der Waals surface area contributed by atoms with Crippen LogP contribution in [0, 0.1) is 0 Å². The average molecular weight is 428 g/mol. The van der Waals surface area contributed by atoms with E-state index in [4.69, 9.17) is 16.2 Å². The van der Waals surface area contributed by atoms with Gasteiger partial charge < -0.3 is 21.5 Å². The maximum atomic E-state index is 12.8. The van der Waals surface area contributed by atoms with Crippen molar-refractivity contribution in [1.82, 2.24) is 15.8 Å². The Morgan fingerprint density at radius 1 is 1.00 bits per heavy atom. The Balaban J connectivity index is 1.44. The molecule has 32 heavy (non-hydrogen) atoms. The fourth-order valence-corrected chi connectivity index (χ4v) is 4.31. The van der Waals surface area contributed by atoms with Crippen molar-refractivity contribution >= 4 is 11.6 Å². The summed E-state index contributed by atoms with van der Waals surface area (Å²) < 4.78 is 5.88. The lowest BCUT2D eigenvalue weighted by atomic mass is 9.90. The van der Waals surface area contributed by atoms with Gasteiger partial charge in [0.15, 0.2) is 5.54 Å². The van der Waals surface area contributed by atoms with Gasteiger partial charge in [-0.3, -0.25) is 9.80 Å². The first-order valence-electron chi connectivity index (χ1n) is 10.6. The summed E-state index contributed by atoms with van der Waals surface area (Å²) in [5.74, 6) is 1.77. The van der Waals surface area contributed by atoms with E-state index in [0.717, 1.165) is 35.7 Å². The van der Waals surface area contributed by atoms with Gasteiger partial charge in [0.05, 0.1) is 6.04 Å². The number of hydrogen-bond donors (Lipinski definition) is 4. The Bertz CT molecular complexity index is 1160. The lowest BCUT2D eigenvalue weighted by molar-refractivity contribution is -0.124. The zero-order chi connectivity index (χ0) is 22.1. The number of amides is 1. The van der Waals surface area contributed by atoms with Crippen LogP contribution in [0.4, 0.5) is 5.69 Å². The average Bonchev–Trinajstić information content (AvgIpc) is 3.21. The molecule has 3 aromatic rings. The third-order valence-electron chi connectivity index (χ3n) is 5.92. The number of primary amides is 1. The molecule has 0 spiro atoms. The van der Waals surface area contributed by atoms with Crippen LogP contribution in [0.1, 0.15) is 23.6 Å². The van der Waals surface area contributed by atoms with Crippen LogP contribution < -0.4 is 26.9 Å². The summed E-state index contributed by atoms with van der Waals surface area (Å²) in [6.07, 6.45) is 2.72. The number of nitrogens with two attached hydrogens (primary N) is 2. The highest BCUT2D eigenvalue weighted by molar-refractivity contribution is 5.89. The fourth-order valence-electron chi connectivity index (χ4n) is 4.31. The molecule has 1 amide bonds. The molecular weight excluding hydrogens is 402 g/mol. The first-order chi connectivity index (χ1) is 15.5. The highest BCUT2D eigenvalue weighted by Crippen LogP contribution is 2.39. The van der Waals surface area contributed by atoms with Crippen LogP contribution in [0.15, 0.2) is 90.8 Å². The molecule has 2 unspecified atom stereocenters. The van der Waals surface area contributed by atoms with Crippen molar-refractivity contribution in [3.8, 4) is 11.5 Å². The zero-order valence-corrected chi connectivity index (χ0v) is 17.5. The van der Waals surface area contributed by atoms with Gasteiger partial charge in [-0.25, -0.2) is 5.43 Å². The third kappa shape index (κ3) is 3.52. The lowest BCUT2D eigenvalue weighted by Gasteiger charge is -2.39. The number of carbonyl (C=O) groups is 1. The Morgan fingerprint density at radius 2 is 1.75 bits per heavy atom. The van der Waals surface area contributed by atoms with Gasteiger partial charge in [-0.15, -0.1) is 0 Å². The molecule has 0 bridgehead atoms. The number of nitrogens with zero attached hydrogens (tertiary/aromatic N) is 1. The molecule has 2 aliphatic heterocycles. The molecule has 0 radical (unpaired) electrons. The van der Waals surface area contributed by atoms with E-state index in [1.807, 2.05) is 89.9 Å². The van der Waals surface area contributed by atoms with E-state index in [0.29, 0.717) is 11.4 Å². The number of hydrogen-bond acceptors (Lipinski definition) is 6. The predicted octanol–water partition coefficient (Wildman–Crippen LogP) is 3.14. The Kier molecular flexibility index (Phi) is 4.95. The summed E-state index contributed by atoms with van der Waals surface area (Å²) in [5, 5.41) is 5.36. The van der Waals surface area contributed by atoms with Crippen LogP contribution in [-0.2, 0) is 10.3 Å². The molecule has 1 fully saturated rings. The van der Waals surface area contributed by atoms with Gasteiger partial charge in [0.2, 0.25) is 5.91 Å². The maximum absolute atomic E-state index is 12.8. The van der Waals surface area contributed by atoms with Crippen molar-refractivity contribution in [2.75, 3.05) is 12.3 Å². The molecule has 0 saturated carbocycles. The molecule has 1 saturated heterocycles. The monoisotopic (exact) mass is 427 g/mol. The molecule has 0 aromatic heterocycles. The SMILES string of the molecule is NC(=O)C1(c2ccc(Oc3ccccc3)cc2)C=C2NCCC(c3cccc(N)c3)N2N1. The topological polar surface area (TPSA) is 106 Å². The number of hydrazine groups is 1. The summed E-state index contributed by atoms with van der Waals surface area (Å²) in [6.45, 7) is 0.780. The molecule has 162 valence electrons. The van der Waals surface area contributed by atoms with Crippen molar-refractivity contribution in [3.05, 3.63) is 102 Å². The maximum Gasteiger partial charge on any atom is 0.248 e. The van der Waals surface area contributed by atoms with Gasteiger partial charge in [-0.05, 0) is 60.0 Å². The van der Waals surface area contributed by atoms with Crippen molar-refractivity contribution in [3.63, 3.8) is 0 Å². The third-order valence-corrected chi connectivity index (χ3v) is 5.92. The van der Waals surface area contributed by atoms with E-state index in [1.54, 1.807) is 0 Å². The second kappa shape index (κ2) is 7.94. The van der Waals surface area contributed by atoms with E-state index in [1.165, 1.54) is 0 Å². The largest absolute Gasteiger partial charge is 0.457 e. The molecule has 6 N–H and O–H groups in total. The van der Waals surface area contributed by atoms with Gasteiger partial charge >= 0.3 is 0 Å². The number of benzene rings is 3. The molecule has 7 heteroatoms. The van der Waals surface area contributed by atoms with E-state index in [-0.39, 0.29) is 6.04 Å². The highest BCUT2D eigenvalue weighted by atomic mass is 16.5. The van der Waals surface area contributed by atoms with Crippen LogP contribution >= 0.6 is 0 Å². The smallest absolute Gasteiger partial charge is 0.248 e. The number of nitrogen functional groups attached to an aromatic ring is 1. The Hall–Kier alpha value is -3.97. The van der Waals surface area contributed by atoms with Gasteiger partial charge in [0.1, 0.15) is 17.3 Å². The molecule has 0 aliphatic carbocycles. The first-order valence-corrected chi connectivity index (χ1v) is 10.6. The quantitative estimate of drug-likeness (QED) is 0.466. The van der Waals surface area contributed by atoms with Crippen molar-refractivity contribution < 1.29 is 9.53 Å². The Morgan fingerprint density at radius 3 is 2.47 bits per heavy atom. The van der Waals surface area contributed by atoms with Crippen LogP contribution in [0.3, 0.4) is 0 Å². The number of carbonyl (C=O) groups excluding carboxylic acids is 1. The van der Waals surface area contributed by atoms with Crippen LogP contribution in [0.25, 0.3) is 0 Å². The van der Waals surface area contributed by atoms with Gasteiger partial charge in [-0.2, -0.15) is 0 Å². The van der Waals surface area contributed by atoms with Crippen LogP contribution in [0.5, 0.6) is 11.5 Å². The lowest BCUT2D eigenvalue weighted by Crippen LogP contribution is -2.55. The molecule has 3 aromatic carbocycles. The van der Waals surface area contributed by atoms with Crippen LogP contribution in [0.2, 0.25) is 0 Å². The normalized spacial score (nSPS) is 21.9. The van der Waals surface area contributed by atoms with E-state index in [9.17, 15) is 4.79 Å². The Labute approximate surface area is 186 Å². The number of anilines is 1. The number of para-hydroxylation sites is 1. The number of ether oxygens (including phenoxy) is 1. The standard InChI is InChI=1S/C25H25N5O2/c26-19-6-4-5-17(15-19)22-13-14-28-23-16-25(24(27)31,29-30(22)23)18-9-11-21(12-10-18)32-20-7-2-1-3-8-20/h1-12,15-16,22,28-29H,13-14,26H2,(H2,27,31). The van der Waals surface area contributed by atoms with E-state index in [2.05, 4.69) is 10.7 Å². The molecular formula is C25H25N5O2. The van der Waals surface area contributed by atoms with Crippen molar-refractivity contribution in [1.29, 1.82) is 0 Å². The minimum absolute atomic E-state index is 0.0212. The summed E-state index contributed by atoms with van der Waals surface area (Å²) in [4.78, 5) is 12.8. The predicted molar refractivity (Wildman–Crippen MR) is 123 cm³/mol. The number of nitrogens with one attached hydrogen (secondary N) is 2. The minimum Gasteiger partial charge on any atom is -0.457 e. The molecule has 2 atom stereocenters. The zero-order valence-electron chi connectivity index (χ0n) is 17.5. The summed E-state index contributed by atoms with van der Waals surface area (Å²) in [5.41, 5.74) is 16.7. The number of rotatable bonds is 5. The summed E-state index contributed by atoms with van der Waals surface area (Å²) in [6, 6.07) is 24.8. The van der Waals surface area contributed by atoms with Gasteiger partial charge in [-0.1, -0.05) is 42.5 Å². The molecule has 2 heterocycles. The van der Waals surface area contributed by atoms with Crippen LogP contribution in [-0.4, -0.2) is 17.5 Å². The second-order valence-corrected chi connectivity index (χ2v) is 8.02. The van der Waals surface area contributed by atoms with E-state index < -0.39 is 11.4 Å². The summed E-state index contributed by atoms with van der Waals surface area (Å²) >= 11 is 0. The van der Waals surface area contributed by atoms with E-state index >= 15 is 0 Å². The van der Waals surface area contributed by atoms with Crippen molar-refractivity contribution in [2.45, 2.75) is 18.0 Å². The fraction of sp³-hybridized carbons (Fsp3) is 0.160. The van der Waals surface area contributed by atoms with Gasteiger partial charge in [0, 0.05) is 12.2 Å². The molecule has 2 aliphatic rings.